The van der Waals surface area contributed by atoms with Crippen LogP contribution >= 0.6 is 0 Å². The van der Waals surface area contributed by atoms with Crippen LogP contribution in [0.15, 0.2) is 40.8 Å². The molecule has 0 spiro atoms. The minimum Gasteiger partial charge on any atom is -0.395 e. The summed E-state index contributed by atoms with van der Waals surface area (Å²) in [7, 11) is 1.80. The molecule has 1 aromatic carbocycles. The van der Waals surface area contributed by atoms with Gasteiger partial charge in [-0.25, -0.2) is 0 Å². The number of carbonyl (C=O) groups excluding carboxylic acids is 1. The fourth-order valence-corrected chi connectivity index (χ4v) is 1.58. The Hall–Kier alpha value is -2.61. The van der Waals surface area contributed by atoms with Crippen molar-refractivity contribution in [3.05, 3.63) is 30.6 Å². The number of azo groups is 1. The Labute approximate surface area is 129 Å². The number of amides is 1. The highest BCUT2D eigenvalue weighted by atomic mass is 16.3. The average Bonchev–Trinajstić information content (AvgIpc) is 2.49. The van der Waals surface area contributed by atoms with Crippen LogP contribution in [0, 0.1) is 0 Å². The maximum Gasteiger partial charge on any atom is 0.221 e. The molecule has 0 aliphatic rings. The molecule has 1 rings (SSSR count). The molecule has 0 saturated heterocycles. The van der Waals surface area contributed by atoms with Gasteiger partial charge in [0.15, 0.2) is 0 Å². The average molecular weight is 306 g/mol. The topological polar surface area (TPSA) is 110 Å². The van der Waals surface area contributed by atoms with Gasteiger partial charge in [0.2, 0.25) is 5.91 Å². The maximum atomic E-state index is 11.1. The Bertz CT molecular complexity index is 530. The fourth-order valence-electron chi connectivity index (χ4n) is 1.58. The first-order valence-corrected chi connectivity index (χ1v) is 6.87. The highest BCUT2D eigenvalue weighted by Gasteiger charge is 2.04. The summed E-state index contributed by atoms with van der Waals surface area (Å²) in [4.78, 5) is 11.1. The monoisotopic (exact) mass is 306 g/mol. The minimum atomic E-state index is -0.155. The summed E-state index contributed by atoms with van der Waals surface area (Å²) in [5.74, 6) is -0.155. The van der Waals surface area contributed by atoms with Crippen LogP contribution in [0.2, 0.25) is 0 Å². The van der Waals surface area contributed by atoms with Crippen LogP contribution in [-0.4, -0.2) is 37.9 Å². The number of aliphatic hydroxyl groups excluding tert-OH is 1. The van der Waals surface area contributed by atoms with E-state index in [0.717, 1.165) is 5.69 Å². The summed E-state index contributed by atoms with van der Waals surface area (Å²) in [5, 5.41) is 28.6. The Balaban J connectivity index is 2.78. The zero-order valence-corrected chi connectivity index (χ0v) is 12.8. The molecule has 22 heavy (non-hydrogen) atoms. The summed E-state index contributed by atoms with van der Waals surface area (Å²) in [5.41, 5.74) is 1.95. The van der Waals surface area contributed by atoms with Crippen LogP contribution in [0.3, 0.4) is 0 Å². The van der Waals surface area contributed by atoms with Gasteiger partial charge in [-0.2, -0.15) is 10.2 Å². The van der Waals surface area contributed by atoms with Crippen molar-refractivity contribution < 1.29 is 9.90 Å². The van der Waals surface area contributed by atoms with Crippen LogP contribution in [0.4, 0.5) is 17.1 Å². The van der Waals surface area contributed by atoms with Gasteiger partial charge in [0.1, 0.15) is 12.4 Å². The number of hydrogen-bond acceptors (Lipinski definition) is 7. The van der Waals surface area contributed by atoms with Crippen molar-refractivity contribution in [3.8, 4) is 0 Å². The Morgan fingerprint density at radius 3 is 2.86 bits per heavy atom. The first-order chi connectivity index (χ1) is 10.7. The number of anilines is 2. The van der Waals surface area contributed by atoms with E-state index in [-0.39, 0.29) is 12.5 Å². The van der Waals surface area contributed by atoms with E-state index in [4.69, 9.17) is 5.11 Å². The summed E-state index contributed by atoms with van der Waals surface area (Å²) < 4.78 is 0. The standard InChI is InChI=1S/C14H22N6O2/c1-11(22)19-12-3-4-13(17-7-8-21)14(9-12)20-18-10-16-6-5-15-2/h3-6,9,15-17,21H,7-8,10H2,1-2H3,(H,19,22). The minimum absolute atomic E-state index is 0.0143. The predicted octanol–water partition coefficient (Wildman–Crippen LogP) is 1.37. The Morgan fingerprint density at radius 1 is 1.36 bits per heavy atom. The molecule has 0 radical (unpaired) electrons. The summed E-state index contributed by atoms with van der Waals surface area (Å²) in [6, 6.07) is 5.26. The molecule has 0 bridgehead atoms. The van der Waals surface area contributed by atoms with Crippen LogP contribution in [0.5, 0.6) is 0 Å². The van der Waals surface area contributed by atoms with Crippen LogP contribution in [0.25, 0.3) is 0 Å². The summed E-state index contributed by atoms with van der Waals surface area (Å²) >= 11 is 0. The molecule has 8 nitrogen and oxygen atoms in total. The highest BCUT2D eigenvalue weighted by Crippen LogP contribution is 2.28. The molecular formula is C14H22N6O2. The van der Waals surface area contributed by atoms with E-state index in [2.05, 4.69) is 31.5 Å². The lowest BCUT2D eigenvalue weighted by Crippen LogP contribution is -2.08. The van der Waals surface area contributed by atoms with Crippen molar-refractivity contribution in [2.24, 2.45) is 10.2 Å². The van der Waals surface area contributed by atoms with E-state index in [1.807, 2.05) is 0 Å². The molecule has 1 aromatic rings. The van der Waals surface area contributed by atoms with E-state index in [1.54, 1.807) is 37.6 Å². The number of aliphatic hydroxyl groups is 1. The molecule has 0 aromatic heterocycles. The van der Waals surface area contributed by atoms with Gasteiger partial charge >= 0.3 is 0 Å². The van der Waals surface area contributed by atoms with Gasteiger partial charge < -0.3 is 26.4 Å². The van der Waals surface area contributed by atoms with Crippen molar-refractivity contribution in [2.45, 2.75) is 6.92 Å². The molecule has 5 N–H and O–H groups in total. The second kappa shape index (κ2) is 10.2. The molecule has 0 saturated carbocycles. The van der Waals surface area contributed by atoms with Gasteiger partial charge in [-0.05, 0) is 18.2 Å². The van der Waals surface area contributed by atoms with E-state index in [9.17, 15) is 4.79 Å². The van der Waals surface area contributed by atoms with Crippen molar-refractivity contribution in [1.82, 2.24) is 10.6 Å². The molecule has 0 heterocycles. The Kier molecular flexibility index (Phi) is 8.06. The lowest BCUT2D eigenvalue weighted by molar-refractivity contribution is -0.114. The highest BCUT2D eigenvalue weighted by molar-refractivity contribution is 5.90. The summed E-state index contributed by atoms with van der Waals surface area (Å²) in [6.07, 6.45) is 3.46. The maximum absolute atomic E-state index is 11.1. The van der Waals surface area contributed by atoms with Crippen LogP contribution < -0.4 is 21.3 Å². The third kappa shape index (κ3) is 6.71. The van der Waals surface area contributed by atoms with Gasteiger partial charge in [0, 0.05) is 38.6 Å². The van der Waals surface area contributed by atoms with Gasteiger partial charge in [0.05, 0.1) is 12.3 Å². The van der Waals surface area contributed by atoms with E-state index in [1.165, 1.54) is 6.92 Å². The van der Waals surface area contributed by atoms with Gasteiger partial charge in [0.25, 0.3) is 0 Å². The largest absolute Gasteiger partial charge is 0.395 e. The van der Waals surface area contributed by atoms with Gasteiger partial charge in [-0.15, -0.1) is 0 Å². The van der Waals surface area contributed by atoms with E-state index < -0.39 is 0 Å². The lowest BCUT2D eigenvalue weighted by Gasteiger charge is -2.10. The number of hydrogen-bond donors (Lipinski definition) is 5. The number of rotatable bonds is 9. The van der Waals surface area contributed by atoms with Crippen molar-refractivity contribution in [2.75, 3.05) is 37.5 Å². The third-order valence-corrected chi connectivity index (χ3v) is 2.45. The van der Waals surface area contributed by atoms with E-state index in [0.29, 0.717) is 24.6 Å². The molecule has 0 aliphatic carbocycles. The quantitative estimate of drug-likeness (QED) is 0.349. The second-order valence-corrected chi connectivity index (χ2v) is 4.29. The number of nitrogens with one attached hydrogen (secondary N) is 4. The SMILES string of the molecule is CNC=CNCN=Nc1cc(NC(C)=O)ccc1NCCO. The first kappa shape index (κ1) is 17.4. The molecule has 0 fully saturated rings. The predicted molar refractivity (Wildman–Crippen MR) is 87.0 cm³/mol. The molecular weight excluding hydrogens is 284 g/mol. The molecule has 8 heteroatoms. The van der Waals surface area contributed by atoms with Crippen LogP contribution in [-0.2, 0) is 4.79 Å². The second-order valence-electron chi connectivity index (χ2n) is 4.29. The normalized spacial score (nSPS) is 10.9. The number of carbonyl (C=O) groups is 1. The van der Waals surface area contributed by atoms with Crippen LogP contribution in [0.1, 0.15) is 6.92 Å². The zero-order chi connectivity index (χ0) is 16.2. The molecule has 120 valence electrons. The summed E-state index contributed by atoms with van der Waals surface area (Å²) in [6.45, 7) is 2.19. The number of benzene rings is 1. The molecule has 0 atom stereocenters. The Morgan fingerprint density at radius 2 is 2.18 bits per heavy atom. The van der Waals surface area contributed by atoms with Gasteiger partial charge in [-0.3, -0.25) is 4.79 Å². The fraction of sp³-hybridized carbons (Fsp3) is 0.357. The van der Waals surface area contributed by atoms with E-state index >= 15 is 0 Å². The first-order valence-electron chi connectivity index (χ1n) is 6.87. The van der Waals surface area contributed by atoms with Crippen molar-refractivity contribution >= 4 is 23.0 Å². The number of nitrogens with zero attached hydrogens (tertiary/aromatic N) is 2. The molecule has 1 amide bonds. The molecule has 0 aliphatic heterocycles. The smallest absolute Gasteiger partial charge is 0.221 e. The lowest BCUT2D eigenvalue weighted by atomic mass is 10.2. The third-order valence-electron chi connectivity index (χ3n) is 2.45. The van der Waals surface area contributed by atoms with Crippen molar-refractivity contribution in [3.63, 3.8) is 0 Å². The van der Waals surface area contributed by atoms with Gasteiger partial charge in [-0.1, -0.05) is 0 Å². The zero-order valence-electron chi connectivity index (χ0n) is 12.8. The van der Waals surface area contributed by atoms with Crippen molar-refractivity contribution in [1.29, 1.82) is 0 Å². The molecule has 0 unspecified atom stereocenters.